The summed E-state index contributed by atoms with van der Waals surface area (Å²) in [5, 5.41) is 5.74. The zero-order chi connectivity index (χ0) is 27.2. The Labute approximate surface area is 241 Å². The fraction of sp³-hybridized carbons (Fsp3) is 0. The van der Waals surface area contributed by atoms with Crippen molar-refractivity contribution in [2.45, 2.75) is 0 Å². The fourth-order valence-corrected chi connectivity index (χ4v) is 6.61. The standard InChI is InChI=1S/C37H23N3S/c1-3-11-25(12-4-1)32-23-33(39-36(38-32)29-19-18-24-10-7-8-15-28(24)22-29)30-17-9-16-26-20-21-31-35(34(26)30)41-37(40-31)27-13-5-2-6-14-27/h1-23H. The zero-order valence-corrected chi connectivity index (χ0v) is 22.8. The minimum Gasteiger partial charge on any atom is -0.236 e. The van der Waals surface area contributed by atoms with Crippen molar-refractivity contribution in [3.8, 4) is 44.5 Å². The van der Waals surface area contributed by atoms with Gasteiger partial charge >= 0.3 is 0 Å². The minimum atomic E-state index is 0.713. The third-order valence-electron chi connectivity index (χ3n) is 7.50. The van der Waals surface area contributed by atoms with Crippen LogP contribution >= 0.6 is 11.3 Å². The lowest BCUT2D eigenvalue weighted by atomic mass is 9.99. The van der Waals surface area contributed by atoms with E-state index >= 15 is 0 Å². The normalized spacial score (nSPS) is 11.4. The van der Waals surface area contributed by atoms with Gasteiger partial charge in [0.1, 0.15) is 5.01 Å². The van der Waals surface area contributed by atoms with Crippen LogP contribution in [0.3, 0.4) is 0 Å². The van der Waals surface area contributed by atoms with E-state index in [-0.39, 0.29) is 0 Å². The van der Waals surface area contributed by atoms with E-state index in [2.05, 4.69) is 127 Å². The van der Waals surface area contributed by atoms with Crippen molar-refractivity contribution in [1.82, 2.24) is 15.0 Å². The van der Waals surface area contributed by atoms with E-state index in [4.69, 9.17) is 15.0 Å². The summed E-state index contributed by atoms with van der Waals surface area (Å²) in [6.07, 6.45) is 0. The van der Waals surface area contributed by atoms with E-state index < -0.39 is 0 Å². The highest BCUT2D eigenvalue weighted by Gasteiger charge is 2.16. The average Bonchev–Trinajstić information content (AvgIpc) is 3.50. The molecule has 3 nitrogen and oxygen atoms in total. The topological polar surface area (TPSA) is 38.7 Å². The molecule has 41 heavy (non-hydrogen) atoms. The number of fused-ring (bicyclic) bond motifs is 4. The van der Waals surface area contributed by atoms with Gasteiger partial charge in [-0.25, -0.2) is 15.0 Å². The molecule has 0 radical (unpaired) electrons. The Bertz CT molecular complexity index is 2200. The van der Waals surface area contributed by atoms with Crippen LogP contribution in [0.25, 0.3) is 76.2 Å². The largest absolute Gasteiger partial charge is 0.236 e. The highest BCUT2D eigenvalue weighted by atomic mass is 32.1. The van der Waals surface area contributed by atoms with Gasteiger partial charge in [0.05, 0.1) is 21.6 Å². The van der Waals surface area contributed by atoms with Crippen molar-refractivity contribution in [3.05, 3.63) is 140 Å². The summed E-state index contributed by atoms with van der Waals surface area (Å²) in [4.78, 5) is 15.3. The van der Waals surface area contributed by atoms with E-state index in [1.807, 2.05) is 12.1 Å². The van der Waals surface area contributed by atoms with Gasteiger partial charge in [-0.1, -0.05) is 121 Å². The van der Waals surface area contributed by atoms with E-state index in [0.29, 0.717) is 5.82 Å². The molecule has 0 aliphatic rings. The molecule has 2 aromatic heterocycles. The lowest BCUT2D eigenvalue weighted by Gasteiger charge is -2.12. The predicted octanol–water partition coefficient (Wildman–Crippen LogP) is 10.1. The van der Waals surface area contributed by atoms with Gasteiger partial charge in [0.25, 0.3) is 0 Å². The van der Waals surface area contributed by atoms with Crippen molar-refractivity contribution in [2.75, 3.05) is 0 Å². The molecule has 4 heteroatoms. The molecular weight excluding hydrogens is 518 g/mol. The van der Waals surface area contributed by atoms with Crippen LogP contribution in [0.5, 0.6) is 0 Å². The first kappa shape index (κ1) is 23.7. The fourth-order valence-electron chi connectivity index (χ4n) is 5.47. The number of benzene rings is 6. The second kappa shape index (κ2) is 9.77. The van der Waals surface area contributed by atoms with Gasteiger partial charge in [-0.3, -0.25) is 0 Å². The molecule has 8 aromatic rings. The van der Waals surface area contributed by atoms with Crippen LogP contribution in [-0.2, 0) is 0 Å². The molecule has 0 spiro atoms. The van der Waals surface area contributed by atoms with Gasteiger partial charge in [-0.15, -0.1) is 11.3 Å². The molecule has 0 unspecified atom stereocenters. The molecule has 0 N–H and O–H groups in total. The van der Waals surface area contributed by atoms with Crippen LogP contribution in [0.4, 0.5) is 0 Å². The SMILES string of the molecule is c1ccc(-c2cc(-c3cccc4ccc5nc(-c6ccccc6)sc5c34)nc(-c3ccc4ccccc4c3)n2)cc1. The molecule has 2 heterocycles. The number of hydrogen-bond acceptors (Lipinski definition) is 4. The lowest BCUT2D eigenvalue weighted by molar-refractivity contribution is 1.19. The molecule has 0 saturated carbocycles. The van der Waals surface area contributed by atoms with Crippen LogP contribution in [-0.4, -0.2) is 15.0 Å². The van der Waals surface area contributed by atoms with E-state index in [1.54, 1.807) is 11.3 Å². The second-order valence-corrected chi connectivity index (χ2v) is 11.1. The molecule has 0 aliphatic heterocycles. The quantitative estimate of drug-likeness (QED) is 0.222. The van der Waals surface area contributed by atoms with Crippen LogP contribution in [0.15, 0.2) is 140 Å². The summed E-state index contributed by atoms with van der Waals surface area (Å²) in [7, 11) is 0. The average molecular weight is 542 g/mol. The Morgan fingerprint density at radius 1 is 0.439 bits per heavy atom. The maximum atomic E-state index is 5.20. The predicted molar refractivity (Wildman–Crippen MR) is 172 cm³/mol. The molecule has 0 amide bonds. The molecule has 8 rings (SSSR count). The van der Waals surface area contributed by atoms with Crippen molar-refractivity contribution >= 4 is 43.1 Å². The first-order valence-electron chi connectivity index (χ1n) is 13.6. The smallest absolute Gasteiger partial charge is 0.160 e. The van der Waals surface area contributed by atoms with Gasteiger partial charge in [-0.2, -0.15) is 0 Å². The molecule has 0 saturated heterocycles. The molecule has 0 atom stereocenters. The number of rotatable bonds is 4. The molecular formula is C37H23N3S. The Morgan fingerprint density at radius 2 is 1.12 bits per heavy atom. The Balaban J connectivity index is 1.38. The molecule has 192 valence electrons. The van der Waals surface area contributed by atoms with Gasteiger partial charge in [0, 0.05) is 27.6 Å². The van der Waals surface area contributed by atoms with Gasteiger partial charge in [-0.05, 0) is 34.4 Å². The summed E-state index contributed by atoms with van der Waals surface area (Å²) in [5.41, 5.74) is 7.07. The summed E-state index contributed by atoms with van der Waals surface area (Å²) < 4.78 is 1.17. The van der Waals surface area contributed by atoms with Crippen molar-refractivity contribution < 1.29 is 0 Å². The first-order valence-corrected chi connectivity index (χ1v) is 14.4. The third-order valence-corrected chi connectivity index (χ3v) is 8.64. The summed E-state index contributed by atoms with van der Waals surface area (Å²) >= 11 is 1.74. The van der Waals surface area contributed by atoms with E-state index in [0.717, 1.165) is 44.2 Å². The molecule has 6 aromatic carbocycles. The van der Waals surface area contributed by atoms with Gasteiger partial charge in [0.15, 0.2) is 5.82 Å². The van der Waals surface area contributed by atoms with Gasteiger partial charge in [0.2, 0.25) is 0 Å². The Hall–Kier alpha value is -5.19. The summed E-state index contributed by atoms with van der Waals surface area (Å²) in [5.74, 6) is 0.713. The van der Waals surface area contributed by atoms with Crippen molar-refractivity contribution in [2.24, 2.45) is 0 Å². The van der Waals surface area contributed by atoms with Crippen LogP contribution in [0.1, 0.15) is 0 Å². The molecule has 0 aliphatic carbocycles. The monoisotopic (exact) mass is 541 g/mol. The number of hydrogen-bond donors (Lipinski definition) is 0. The molecule has 0 fully saturated rings. The second-order valence-electron chi connectivity index (χ2n) is 10.1. The highest BCUT2D eigenvalue weighted by Crippen LogP contribution is 2.40. The number of thiazole rings is 1. The number of aromatic nitrogens is 3. The number of nitrogens with zero attached hydrogens (tertiary/aromatic N) is 3. The Morgan fingerprint density at radius 3 is 1.95 bits per heavy atom. The van der Waals surface area contributed by atoms with Crippen molar-refractivity contribution in [1.29, 1.82) is 0 Å². The maximum Gasteiger partial charge on any atom is 0.160 e. The third kappa shape index (κ3) is 4.26. The minimum absolute atomic E-state index is 0.713. The maximum absolute atomic E-state index is 5.20. The van der Waals surface area contributed by atoms with Crippen LogP contribution in [0, 0.1) is 0 Å². The van der Waals surface area contributed by atoms with E-state index in [9.17, 15) is 0 Å². The van der Waals surface area contributed by atoms with Crippen LogP contribution in [0.2, 0.25) is 0 Å². The first-order chi connectivity index (χ1) is 20.3. The van der Waals surface area contributed by atoms with Crippen LogP contribution < -0.4 is 0 Å². The van der Waals surface area contributed by atoms with E-state index in [1.165, 1.54) is 26.2 Å². The highest BCUT2D eigenvalue weighted by molar-refractivity contribution is 7.22. The van der Waals surface area contributed by atoms with Crippen molar-refractivity contribution in [3.63, 3.8) is 0 Å². The summed E-state index contributed by atoms with van der Waals surface area (Å²) in [6.45, 7) is 0. The summed E-state index contributed by atoms with van der Waals surface area (Å²) in [6, 6.07) is 48.5. The lowest BCUT2D eigenvalue weighted by Crippen LogP contribution is -1.96. The van der Waals surface area contributed by atoms with Gasteiger partial charge < -0.3 is 0 Å². The zero-order valence-electron chi connectivity index (χ0n) is 22.0. The molecule has 0 bridgehead atoms. The Kier molecular flexibility index (Phi) is 5.64.